The molecule has 0 fully saturated rings. The van der Waals surface area contributed by atoms with Crippen molar-refractivity contribution in [3.8, 4) is 5.88 Å². The molecule has 1 N–H and O–H groups in total. The molecule has 0 unspecified atom stereocenters. The predicted molar refractivity (Wildman–Crippen MR) is 84.6 cm³/mol. The molecule has 0 amide bonds. The molecule has 0 bridgehead atoms. The van der Waals surface area contributed by atoms with Gasteiger partial charge in [0, 0.05) is 17.3 Å². The molecule has 118 valence electrons. The molecule has 0 spiro atoms. The summed E-state index contributed by atoms with van der Waals surface area (Å²) >= 11 is 6.06. The van der Waals surface area contributed by atoms with E-state index in [-0.39, 0.29) is 5.82 Å². The number of nitrogens with zero attached hydrogens (tertiary/aromatic N) is 4. The van der Waals surface area contributed by atoms with E-state index in [4.69, 9.17) is 16.3 Å². The van der Waals surface area contributed by atoms with Gasteiger partial charge in [-0.25, -0.2) is 14.4 Å². The largest absolute Gasteiger partial charge is 0.481 e. The van der Waals surface area contributed by atoms with Crippen molar-refractivity contribution in [1.29, 1.82) is 0 Å². The standard InChI is InChI=1S/C15H13ClFN5O/c1-23-15-5-14(18-9-19-15)21-12-6-20-22(8-12)7-10-4-11(17)2-3-13(10)16/h2-6,8-9H,7H2,1H3,(H,18,19,21). The highest BCUT2D eigenvalue weighted by molar-refractivity contribution is 6.31. The number of benzene rings is 1. The third-order valence-corrected chi connectivity index (χ3v) is 3.47. The summed E-state index contributed by atoms with van der Waals surface area (Å²) in [6.07, 6.45) is 4.82. The lowest BCUT2D eigenvalue weighted by Crippen LogP contribution is -2.01. The monoisotopic (exact) mass is 333 g/mol. The number of ether oxygens (including phenoxy) is 1. The van der Waals surface area contributed by atoms with Crippen LogP contribution < -0.4 is 10.1 Å². The highest BCUT2D eigenvalue weighted by Crippen LogP contribution is 2.20. The fourth-order valence-electron chi connectivity index (χ4n) is 2.02. The maximum atomic E-state index is 13.3. The third kappa shape index (κ3) is 3.75. The second-order valence-electron chi connectivity index (χ2n) is 4.73. The third-order valence-electron chi connectivity index (χ3n) is 3.10. The normalized spacial score (nSPS) is 10.6. The Bertz CT molecular complexity index is 823. The van der Waals surface area contributed by atoms with Crippen LogP contribution in [0.4, 0.5) is 15.9 Å². The molecule has 2 heterocycles. The number of aromatic nitrogens is 4. The van der Waals surface area contributed by atoms with Crippen molar-refractivity contribution < 1.29 is 9.13 Å². The first-order chi connectivity index (χ1) is 11.1. The van der Waals surface area contributed by atoms with Gasteiger partial charge in [-0.15, -0.1) is 0 Å². The Balaban J connectivity index is 1.74. The zero-order chi connectivity index (χ0) is 16.2. The maximum absolute atomic E-state index is 13.3. The Hall–Kier alpha value is -2.67. The highest BCUT2D eigenvalue weighted by Gasteiger charge is 2.06. The van der Waals surface area contributed by atoms with Crippen LogP contribution in [0.1, 0.15) is 5.56 Å². The van der Waals surface area contributed by atoms with Crippen molar-refractivity contribution in [1.82, 2.24) is 19.7 Å². The van der Waals surface area contributed by atoms with Gasteiger partial charge in [0.1, 0.15) is 18.0 Å². The number of rotatable bonds is 5. The number of methoxy groups -OCH3 is 1. The van der Waals surface area contributed by atoms with Gasteiger partial charge in [0.25, 0.3) is 0 Å². The van der Waals surface area contributed by atoms with Crippen molar-refractivity contribution in [3.05, 3.63) is 59.4 Å². The van der Waals surface area contributed by atoms with Crippen LogP contribution in [0.15, 0.2) is 43.0 Å². The van der Waals surface area contributed by atoms with Crippen molar-refractivity contribution in [2.75, 3.05) is 12.4 Å². The first-order valence-corrected chi connectivity index (χ1v) is 7.11. The minimum atomic E-state index is -0.331. The van der Waals surface area contributed by atoms with Gasteiger partial charge in [-0.2, -0.15) is 5.10 Å². The summed E-state index contributed by atoms with van der Waals surface area (Å²) < 4.78 is 20.0. The predicted octanol–water partition coefficient (Wildman–Crippen LogP) is 3.27. The summed E-state index contributed by atoms with van der Waals surface area (Å²) in [4.78, 5) is 8.03. The molecule has 6 nitrogen and oxygen atoms in total. The van der Waals surface area contributed by atoms with Gasteiger partial charge in [0.2, 0.25) is 5.88 Å². The number of halogens is 2. The van der Waals surface area contributed by atoms with Crippen molar-refractivity contribution in [2.24, 2.45) is 0 Å². The Morgan fingerprint density at radius 3 is 3.00 bits per heavy atom. The molecule has 0 aliphatic heterocycles. The van der Waals surface area contributed by atoms with E-state index >= 15 is 0 Å². The van der Waals surface area contributed by atoms with Crippen LogP contribution in [0, 0.1) is 5.82 Å². The number of hydrogen-bond acceptors (Lipinski definition) is 5. The molecule has 23 heavy (non-hydrogen) atoms. The molecule has 8 heteroatoms. The Morgan fingerprint density at radius 2 is 2.17 bits per heavy atom. The number of hydrogen-bond donors (Lipinski definition) is 1. The zero-order valence-corrected chi connectivity index (χ0v) is 13.0. The summed E-state index contributed by atoms with van der Waals surface area (Å²) in [7, 11) is 1.53. The molecule has 3 rings (SSSR count). The van der Waals surface area contributed by atoms with E-state index in [0.29, 0.717) is 28.8 Å². The first kappa shape index (κ1) is 15.2. The molecule has 2 aromatic heterocycles. The quantitative estimate of drug-likeness (QED) is 0.776. The minimum absolute atomic E-state index is 0.331. The van der Waals surface area contributed by atoms with Gasteiger partial charge >= 0.3 is 0 Å². The average Bonchev–Trinajstić information content (AvgIpc) is 2.98. The van der Waals surface area contributed by atoms with E-state index in [1.165, 1.54) is 31.6 Å². The molecule has 0 aliphatic rings. The summed E-state index contributed by atoms with van der Waals surface area (Å²) in [6, 6.07) is 5.92. The van der Waals surface area contributed by atoms with E-state index in [9.17, 15) is 4.39 Å². The molecule has 3 aromatic rings. The molecular weight excluding hydrogens is 321 g/mol. The zero-order valence-electron chi connectivity index (χ0n) is 12.2. The van der Waals surface area contributed by atoms with Gasteiger partial charge in [0.05, 0.1) is 25.5 Å². The van der Waals surface area contributed by atoms with Crippen LogP contribution in [0.25, 0.3) is 0 Å². The van der Waals surface area contributed by atoms with Crippen molar-refractivity contribution in [3.63, 3.8) is 0 Å². The smallest absolute Gasteiger partial charge is 0.218 e. The van der Waals surface area contributed by atoms with Crippen LogP contribution in [0.5, 0.6) is 5.88 Å². The van der Waals surface area contributed by atoms with Gasteiger partial charge in [-0.1, -0.05) is 11.6 Å². The maximum Gasteiger partial charge on any atom is 0.218 e. The minimum Gasteiger partial charge on any atom is -0.481 e. The Labute approximate surface area is 136 Å². The van der Waals surface area contributed by atoms with Gasteiger partial charge in [-0.3, -0.25) is 4.68 Å². The molecule has 0 radical (unpaired) electrons. The molecule has 0 saturated carbocycles. The SMILES string of the molecule is COc1cc(Nc2cnn(Cc3cc(F)ccc3Cl)c2)ncn1. The molecule has 0 atom stereocenters. The Morgan fingerprint density at radius 1 is 1.30 bits per heavy atom. The van der Waals surface area contributed by atoms with Crippen LogP contribution >= 0.6 is 11.6 Å². The lowest BCUT2D eigenvalue weighted by atomic mass is 10.2. The van der Waals surface area contributed by atoms with Crippen molar-refractivity contribution >= 4 is 23.1 Å². The van der Waals surface area contributed by atoms with Gasteiger partial charge in [0.15, 0.2) is 0 Å². The second kappa shape index (κ2) is 6.62. The number of anilines is 2. The summed E-state index contributed by atoms with van der Waals surface area (Å²) in [5.74, 6) is 0.713. The van der Waals surface area contributed by atoms with Crippen LogP contribution in [-0.4, -0.2) is 26.9 Å². The lowest BCUT2D eigenvalue weighted by Gasteiger charge is -2.05. The number of nitrogens with one attached hydrogen (secondary N) is 1. The van der Waals surface area contributed by atoms with E-state index < -0.39 is 0 Å². The summed E-state index contributed by atoms with van der Waals surface area (Å²) in [5.41, 5.74) is 1.39. The van der Waals surface area contributed by atoms with Crippen LogP contribution in [0.3, 0.4) is 0 Å². The topological polar surface area (TPSA) is 64.9 Å². The molecule has 0 aliphatic carbocycles. The van der Waals surface area contributed by atoms with E-state index in [2.05, 4.69) is 20.4 Å². The van der Waals surface area contributed by atoms with E-state index in [0.717, 1.165) is 5.69 Å². The van der Waals surface area contributed by atoms with E-state index in [1.807, 2.05) is 0 Å². The second-order valence-corrected chi connectivity index (χ2v) is 5.14. The summed E-state index contributed by atoms with van der Waals surface area (Å²) in [5, 5.41) is 7.81. The first-order valence-electron chi connectivity index (χ1n) is 6.73. The average molecular weight is 334 g/mol. The molecular formula is C15H13ClFN5O. The highest BCUT2D eigenvalue weighted by atomic mass is 35.5. The molecule has 1 aromatic carbocycles. The lowest BCUT2D eigenvalue weighted by molar-refractivity contribution is 0.397. The Kier molecular flexibility index (Phi) is 4.38. The van der Waals surface area contributed by atoms with E-state index in [1.54, 1.807) is 23.1 Å². The van der Waals surface area contributed by atoms with Gasteiger partial charge in [-0.05, 0) is 23.8 Å². The van der Waals surface area contributed by atoms with Crippen LogP contribution in [0.2, 0.25) is 5.02 Å². The summed E-state index contributed by atoms with van der Waals surface area (Å²) in [6.45, 7) is 0.366. The molecule has 0 saturated heterocycles. The van der Waals surface area contributed by atoms with Crippen LogP contribution in [-0.2, 0) is 6.54 Å². The fraction of sp³-hybridized carbons (Fsp3) is 0.133. The fourth-order valence-corrected chi connectivity index (χ4v) is 2.20. The van der Waals surface area contributed by atoms with Crippen molar-refractivity contribution in [2.45, 2.75) is 6.54 Å². The van der Waals surface area contributed by atoms with Gasteiger partial charge < -0.3 is 10.1 Å².